The number of nitrogens with zero attached hydrogens (tertiary/aromatic N) is 2. The van der Waals surface area contributed by atoms with E-state index >= 15 is 0 Å². The zero-order chi connectivity index (χ0) is 20.5. The summed E-state index contributed by atoms with van der Waals surface area (Å²) in [6, 6.07) is 4.66. The van der Waals surface area contributed by atoms with Crippen molar-refractivity contribution in [2.45, 2.75) is 72.1 Å². The Morgan fingerprint density at radius 3 is 2.62 bits per heavy atom. The van der Waals surface area contributed by atoms with Crippen LogP contribution in [0.5, 0.6) is 5.75 Å². The van der Waals surface area contributed by atoms with Gasteiger partial charge in [-0.25, -0.2) is 4.98 Å². The molecule has 29 heavy (non-hydrogen) atoms. The van der Waals surface area contributed by atoms with Crippen LogP contribution in [0.2, 0.25) is 0 Å². The summed E-state index contributed by atoms with van der Waals surface area (Å²) in [5, 5.41) is 4.72. The first kappa shape index (κ1) is 20.4. The molecule has 1 aromatic carbocycles. The summed E-state index contributed by atoms with van der Waals surface area (Å²) in [6.45, 7) is 15.0. The van der Waals surface area contributed by atoms with Crippen LogP contribution in [0.1, 0.15) is 75.9 Å². The fourth-order valence-electron chi connectivity index (χ4n) is 4.75. The summed E-state index contributed by atoms with van der Waals surface area (Å²) in [7, 11) is 0. The van der Waals surface area contributed by atoms with Gasteiger partial charge in [-0.15, -0.1) is 0 Å². The van der Waals surface area contributed by atoms with Gasteiger partial charge in [0.15, 0.2) is 0 Å². The van der Waals surface area contributed by atoms with Gasteiger partial charge >= 0.3 is 0 Å². The van der Waals surface area contributed by atoms with Crippen molar-refractivity contribution >= 4 is 16.7 Å². The molecule has 0 spiro atoms. The van der Waals surface area contributed by atoms with Crippen LogP contribution in [0.15, 0.2) is 12.1 Å². The first-order chi connectivity index (χ1) is 13.9. The van der Waals surface area contributed by atoms with E-state index in [9.17, 15) is 0 Å². The van der Waals surface area contributed by atoms with Gasteiger partial charge in [-0.05, 0) is 84.2 Å². The van der Waals surface area contributed by atoms with E-state index in [2.05, 4.69) is 57.0 Å². The van der Waals surface area contributed by atoms with Gasteiger partial charge in [0.1, 0.15) is 11.6 Å². The number of rotatable bonds is 7. The van der Waals surface area contributed by atoms with Gasteiger partial charge in [-0.1, -0.05) is 0 Å². The third-order valence-electron chi connectivity index (χ3n) is 6.08. The van der Waals surface area contributed by atoms with Crippen LogP contribution in [-0.4, -0.2) is 42.2 Å². The van der Waals surface area contributed by atoms with Crippen LogP contribution in [0, 0.1) is 6.92 Å². The summed E-state index contributed by atoms with van der Waals surface area (Å²) in [5.74, 6) is 1.89. The van der Waals surface area contributed by atoms with E-state index in [4.69, 9.17) is 14.5 Å². The standard InChI is InChI=1S/C24H35N3O2/c1-15(2)25-24-23-18(5)29-17(4)22(23)19-13-16(3)21(14-20(19)26-24)28-12-8-11-27-9-6-7-10-27/h13-15,17-18H,6-12H2,1-5H3,(H,25,26)/t17-,18-/m0/s1. The van der Waals surface area contributed by atoms with Gasteiger partial charge in [0.25, 0.3) is 0 Å². The summed E-state index contributed by atoms with van der Waals surface area (Å²) < 4.78 is 12.3. The molecule has 2 aliphatic rings. The van der Waals surface area contributed by atoms with Crippen LogP contribution in [-0.2, 0) is 4.74 Å². The number of likely N-dealkylation sites (tertiary alicyclic amines) is 1. The van der Waals surface area contributed by atoms with Crippen molar-refractivity contribution in [3.63, 3.8) is 0 Å². The molecular weight excluding hydrogens is 362 g/mol. The van der Waals surface area contributed by atoms with Crippen molar-refractivity contribution in [2.75, 3.05) is 31.6 Å². The lowest BCUT2D eigenvalue weighted by Gasteiger charge is -2.18. The van der Waals surface area contributed by atoms with Crippen molar-refractivity contribution in [3.05, 3.63) is 28.8 Å². The number of aromatic nitrogens is 1. The minimum Gasteiger partial charge on any atom is -0.493 e. The normalized spacial score (nSPS) is 21.9. The SMILES string of the molecule is Cc1cc2c3c(c(NC(C)C)nc2cc1OCCCN1CCCC1)[C@H](C)O[C@H]3C. The molecule has 0 radical (unpaired) electrons. The number of ether oxygens (including phenoxy) is 2. The molecule has 0 aliphatic carbocycles. The van der Waals surface area contributed by atoms with Crippen LogP contribution in [0.3, 0.4) is 0 Å². The van der Waals surface area contributed by atoms with E-state index in [0.29, 0.717) is 6.04 Å². The second-order valence-electron chi connectivity index (χ2n) is 8.89. The molecule has 2 aromatic rings. The van der Waals surface area contributed by atoms with E-state index in [-0.39, 0.29) is 12.2 Å². The predicted octanol–water partition coefficient (Wildman–Crippen LogP) is 5.38. The smallest absolute Gasteiger partial charge is 0.133 e. The Labute approximate surface area is 174 Å². The summed E-state index contributed by atoms with van der Waals surface area (Å²) in [6.07, 6.45) is 3.88. The molecule has 1 fully saturated rings. The Morgan fingerprint density at radius 2 is 1.90 bits per heavy atom. The molecule has 1 N–H and O–H groups in total. The minimum atomic E-state index is 0.0555. The zero-order valence-electron chi connectivity index (χ0n) is 18.5. The van der Waals surface area contributed by atoms with Crippen LogP contribution in [0.4, 0.5) is 5.82 Å². The molecule has 2 atom stereocenters. The highest BCUT2D eigenvalue weighted by atomic mass is 16.5. The molecule has 5 heteroatoms. The number of fused-ring (bicyclic) bond motifs is 3. The molecule has 1 saturated heterocycles. The Balaban J connectivity index is 1.60. The largest absolute Gasteiger partial charge is 0.493 e. The molecule has 0 saturated carbocycles. The third kappa shape index (κ3) is 4.22. The fourth-order valence-corrected chi connectivity index (χ4v) is 4.75. The number of hydrogen-bond donors (Lipinski definition) is 1. The zero-order valence-corrected chi connectivity index (χ0v) is 18.5. The van der Waals surface area contributed by atoms with Gasteiger partial charge in [0, 0.05) is 29.6 Å². The number of benzene rings is 1. The van der Waals surface area contributed by atoms with E-state index in [1.54, 1.807) is 0 Å². The van der Waals surface area contributed by atoms with Crippen molar-refractivity contribution < 1.29 is 9.47 Å². The quantitative estimate of drug-likeness (QED) is 0.636. The first-order valence-corrected chi connectivity index (χ1v) is 11.2. The van der Waals surface area contributed by atoms with Crippen LogP contribution < -0.4 is 10.1 Å². The van der Waals surface area contributed by atoms with Gasteiger partial charge in [0.2, 0.25) is 0 Å². The highest BCUT2D eigenvalue weighted by Crippen LogP contribution is 2.46. The Bertz CT molecular complexity index is 874. The molecule has 0 unspecified atom stereocenters. The summed E-state index contributed by atoms with van der Waals surface area (Å²) >= 11 is 0. The number of anilines is 1. The van der Waals surface area contributed by atoms with Gasteiger partial charge in [0.05, 0.1) is 24.3 Å². The monoisotopic (exact) mass is 397 g/mol. The minimum absolute atomic E-state index is 0.0555. The topological polar surface area (TPSA) is 46.6 Å². The average Bonchev–Trinajstić information content (AvgIpc) is 3.27. The lowest BCUT2D eigenvalue weighted by molar-refractivity contribution is 0.0338. The van der Waals surface area contributed by atoms with Crippen molar-refractivity contribution in [1.29, 1.82) is 0 Å². The van der Waals surface area contributed by atoms with Crippen molar-refractivity contribution in [3.8, 4) is 5.75 Å². The highest BCUT2D eigenvalue weighted by Gasteiger charge is 2.32. The van der Waals surface area contributed by atoms with Crippen LogP contribution >= 0.6 is 0 Å². The molecule has 4 rings (SSSR count). The number of hydrogen-bond acceptors (Lipinski definition) is 5. The second-order valence-corrected chi connectivity index (χ2v) is 8.89. The summed E-state index contributed by atoms with van der Waals surface area (Å²) in [5.41, 5.74) is 4.63. The van der Waals surface area contributed by atoms with E-state index in [0.717, 1.165) is 36.7 Å². The highest BCUT2D eigenvalue weighted by molar-refractivity contribution is 5.89. The lowest BCUT2D eigenvalue weighted by atomic mass is 9.97. The maximum atomic E-state index is 6.17. The molecule has 3 heterocycles. The predicted molar refractivity (Wildman–Crippen MR) is 119 cm³/mol. The van der Waals surface area contributed by atoms with Crippen molar-refractivity contribution in [2.24, 2.45) is 0 Å². The Kier molecular flexibility index (Phi) is 5.98. The second kappa shape index (κ2) is 8.49. The molecule has 0 amide bonds. The van der Waals surface area contributed by atoms with Gasteiger partial charge < -0.3 is 19.7 Å². The van der Waals surface area contributed by atoms with Gasteiger partial charge in [-0.3, -0.25) is 0 Å². The van der Waals surface area contributed by atoms with Gasteiger partial charge in [-0.2, -0.15) is 0 Å². The van der Waals surface area contributed by atoms with Crippen LogP contribution in [0.25, 0.3) is 10.9 Å². The molecule has 2 aliphatic heterocycles. The molecule has 5 nitrogen and oxygen atoms in total. The fraction of sp³-hybridized carbons (Fsp3) is 0.625. The average molecular weight is 398 g/mol. The number of pyridine rings is 1. The summed E-state index contributed by atoms with van der Waals surface area (Å²) in [4.78, 5) is 7.52. The van der Waals surface area contributed by atoms with E-state index < -0.39 is 0 Å². The first-order valence-electron chi connectivity index (χ1n) is 11.2. The Morgan fingerprint density at radius 1 is 1.17 bits per heavy atom. The van der Waals surface area contributed by atoms with Crippen molar-refractivity contribution in [1.82, 2.24) is 9.88 Å². The number of nitrogens with one attached hydrogen (secondary N) is 1. The maximum absolute atomic E-state index is 6.17. The van der Waals surface area contributed by atoms with E-state index in [1.165, 1.54) is 48.0 Å². The number of aryl methyl sites for hydroxylation is 1. The third-order valence-corrected chi connectivity index (χ3v) is 6.08. The molecule has 158 valence electrons. The lowest BCUT2D eigenvalue weighted by Crippen LogP contribution is -2.22. The maximum Gasteiger partial charge on any atom is 0.133 e. The molecule has 0 bridgehead atoms. The van der Waals surface area contributed by atoms with E-state index in [1.807, 2.05) is 0 Å². The Hall–Kier alpha value is -1.85. The molecule has 1 aromatic heterocycles. The molecular formula is C24H35N3O2.